The zero-order chi connectivity index (χ0) is 23.6. The lowest BCUT2D eigenvalue weighted by atomic mass is 10.2. The molecule has 0 unspecified atom stereocenters. The third kappa shape index (κ3) is 9.45. The quantitative estimate of drug-likeness (QED) is 0.397. The molecule has 0 spiro atoms. The number of nitrogens with one attached hydrogen (secondary N) is 1. The number of anilines is 2. The fraction of sp³-hybridized carbons (Fsp3) is 0.111. The Kier molecular flexibility index (Phi) is 9.21. The van der Waals surface area contributed by atoms with Gasteiger partial charge in [-0.1, -0.05) is 29.5 Å². The molecule has 9 nitrogen and oxygen atoms in total. The summed E-state index contributed by atoms with van der Waals surface area (Å²) in [7, 11) is 0. The molecule has 0 aliphatic carbocycles. The first-order valence-electron chi connectivity index (χ1n) is 8.17. The largest absolute Gasteiger partial charge is 0.490 e. The number of halogens is 3. The van der Waals surface area contributed by atoms with Gasteiger partial charge in [-0.05, 0) is 30.3 Å². The highest BCUT2D eigenvalue weighted by Crippen LogP contribution is 2.24. The summed E-state index contributed by atoms with van der Waals surface area (Å²) in [6, 6.07) is 14.3. The van der Waals surface area contributed by atoms with E-state index in [4.69, 9.17) is 26.5 Å². The molecule has 0 fully saturated rings. The lowest BCUT2D eigenvalue weighted by Crippen LogP contribution is -2.21. The minimum absolute atomic E-state index is 0.0377. The number of carbonyl (C=O) groups is 3. The molecule has 3 aromatic rings. The molecule has 0 aliphatic heterocycles. The number of para-hydroxylation sites is 1. The van der Waals surface area contributed by atoms with Crippen LogP contribution in [0.1, 0.15) is 10.4 Å². The van der Waals surface area contributed by atoms with Gasteiger partial charge in [0.15, 0.2) is 5.13 Å². The number of nitrogens with two attached hydrogens (primary N) is 2. The zero-order valence-electron chi connectivity index (χ0n) is 15.6. The van der Waals surface area contributed by atoms with Gasteiger partial charge in [0.1, 0.15) is 6.54 Å². The SMILES string of the molecule is NC(=O)c1ccc2nc(N)sc2c1.O=C(O)C(F)(F)F.O=C(O)CNc1ccccc1. The Bertz CT molecular complexity index is 1040. The summed E-state index contributed by atoms with van der Waals surface area (Å²) in [4.78, 5) is 33.9. The van der Waals surface area contributed by atoms with E-state index in [0.29, 0.717) is 10.7 Å². The van der Waals surface area contributed by atoms with Crippen LogP contribution >= 0.6 is 11.3 Å². The molecular formula is C18H17F3N4O5S. The maximum Gasteiger partial charge on any atom is 0.490 e. The number of nitrogen functional groups attached to an aromatic ring is 1. The van der Waals surface area contributed by atoms with Crippen LogP contribution in [0.25, 0.3) is 10.2 Å². The normalized spacial score (nSPS) is 10.2. The second kappa shape index (κ2) is 11.3. The van der Waals surface area contributed by atoms with E-state index in [9.17, 15) is 22.8 Å². The number of hydrogen-bond acceptors (Lipinski definition) is 7. The highest BCUT2D eigenvalue weighted by molar-refractivity contribution is 7.22. The molecule has 3 rings (SSSR count). The molecule has 0 aliphatic rings. The van der Waals surface area contributed by atoms with Crippen LogP contribution in [0.2, 0.25) is 0 Å². The van der Waals surface area contributed by atoms with Crippen LogP contribution in [0, 0.1) is 0 Å². The van der Waals surface area contributed by atoms with Crippen molar-refractivity contribution in [3.8, 4) is 0 Å². The number of nitrogens with zero attached hydrogens (tertiary/aromatic N) is 1. The number of alkyl halides is 3. The molecule has 0 bridgehead atoms. The summed E-state index contributed by atoms with van der Waals surface area (Å²) in [5.74, 6) is -4.05. The Balaban J connectivity index is 0.000000245. The maximum atomic E-state index is 10.8. The van der Waals surface area contributed by atoms with Crippen molar-refractivity contribution in [2.75, 3.05) is 17.6 Å². The number of hydrogen-bond donors (Lipinski definition) is 5. The summed E-state index contributed by atoms with van der Waals surface area (Å²) in [5.41, 5.74) is 12.7. The first-order chi connectivity index (χ1) is 14.4. The number of thiazole rings is 1. The van der Waals surface area contributed by atoms with Gasteiger partial charge in [0, 0.05) is 11.3 Å². The van der Waals surface area contributed by atoms with Gasteiger partial charge in [-0.3, -0.25) is 9.59 Å². The number of amides is 1. The summed E-state index contributed by atoms with van der Waals surface area (Å²) >= 11 is 1.34. The predicted molar refractivity (Wildman–Crippen MR) is 109 cm³/mol. The Labute approximate surface area is 177 Å². The monoisotopic (exact) mass is 458 g/mol. The summed E-state index contributed by atoms with van der Waals surface area (Å²) < 4.78 is 32.6. The minimum atomic E-state index is -5.08. The third-order valence-corrected chi connectivity index (χ3v) is 4.00. The number of carboxylic acids is 2. The van der Waals surface area contributed by atoms with Crippen molar-refractivity contribution in [1.82, 2.24) is 4.98 Å². The molecule has 0 saturated carbocycles. The van der Waals surface area contributed by atoms with Gasteiger partial charge in [-0.2, -0.15) is 13.2 Å². The van der Waals surface area contributed by atoms with Crippen LogP contribution in [0.5, 0.6) is 0 Å². The number of rotatable bonds is 4. The van der Waals surface area contributed by atoms with E-state index >= 15 is 0 Å². The molecule has 0 saturated heterocycles. The lowest BCUT2D eigenvalue weighted by molar-refractivity contribution is -0.192. The number of aliphatic carboxylic acids is 2. The van der Waals surface area contributed by atoms with Crippen LogP contribution < -0.4 is 16.8 Å². The molecule has 0 atom stereocenters. The Morgan fingerprint density at radius 3 is 2.13 bits per heavy atom. The van der Waals surface area contributed by atoms with E-state index in [1.165, 1.54) is 11.3 Å². The second-order valence-electron chi connectivity index (χ2n) is 5.52. The topological polar surface area (TPSA) is 169 Å². The fourth-order valence-corrected chi connectivity index (χ4v) is 2.60. The highest BCUT2D eigenvalue weighted by atomic mass is 32.1. The van der Waals surface area contributed by atoms with Crippen LogP contribution in [0.3, 0.4) is 0 Å². The van der Waals surface area contributed by atoms with Gasteiger partial charge < -0.3 is 27.0 Å². The first kappa shape index (κ1) is 25.2. The van der Waals surface area contributed by atoms with E-state index in [-0.39, 0.29) is 6.54 Å². The van der Waals surface area contributed by atoms with Gasteiger partial charge in [0.25, 0.3) is 0 Å². The lowest BCUT2D eigenvalue weighted by Gasteiger charge is -2.00. The molecule has 1 heterocycles. The van der Waals surface area contributed by atoms with Gasteiger partial charge in [-0.15, -0.1) is 0 Å². The summed E-state index contributed by atoms with van der Waals surface area (Å²) in [6.45, 7) is -0.0377. The molecule has 0 radical (unpaired) electrons. The minimum Gasteiger partial charge on any atom is -0.480 e. The smallest absolute Gasteiger partial charge is 0.480 e. The van der Waals surface area contributed by atoms with Crippen molar-refractivity contribution in [1.29, 1.82) is 0 Å². The summed E-state index contributed by atoms with van der Waals surface area (Å²) in [6.07, 6.45) is -5.08. The van der Waals surface area contributed by atoms with E-state index in [1.807, 2.05) is 30.3 Å². The second-order valence-corrected chi connectivity index (χ2v) is 6.58. The van der Waals surface area contributed by atoms with Crippen LogP contribution in [-0.4, -0.2) is 45.8 Å². The molecule has 1 aromatic heterocycles. The molecular weight excluding hydrogens is 441 g/mol. The van der Waals surface area contributed by atoms with Crippen LogP contribution in [0.15, 0.2) is 48.5 Å². The van der Waals surface area contributed by atoms with Crippen molar-refractivity contribution in [2.24, 2.45) is 5.73 Å². The number of carboxylic acid groups (broad SMARTS) is 2. The van der Waals surface area contributed by atoms with Crippen LogP contribution in [0.4, 0.5) is 24.0 Å². The number of fused-ring (bicyclic) bond motifs is 1. The van der Waals surface area contributed by atoms with E-state index in [1.54, 1.807) is 18.2 Å². The number of benzene rings is 2. The standard InChI is InChI=1S/C8H7N3OS.C8H9NO2.C2HF3O2/c9-7(12)4-1-2-5-6(3-4)13-8(10)11-5;10-8(11)6-9-7-4-2-1-3-5-7;3-2(4,5)1(6)7/h1-3H,(H2,9,12)(H2,10,11);1-5,9H,6H2,(H,10,11);(H,6,7). The Hall–Kier alpha value is -3.87. The van der Waals surface area contributed by atoms with Crippen molar-refractivity contribution in [3.63, 3.8) is 0 Å². The van der Waals surface area contributed by atoms with Crippen LogP contribution in [-0.2, 0) is 9.59 Å². The highest BCUT2D eigenvalue weighted by Gasteiger charge is 2.38. The van der Waals surface area contributed by atoms with E-state index in [2.05, 4.69) is 10.3 Å². The average molecular weight is 458 g/mol. The number of aromatic nitrogens is 1. The van der Waals surface area contributed by atoms with Crippen molar-refractivity contribution < 1.29 is 37.8 Å². The van der Waals surface area contributed by atoms with E-state index < -0.39 is 24.0 Å². The summed E-state index contributed by atoms with van der Waals surface area (Å²) in [5, 5.41) is 18.7. The molecule has 13 heteroatoms. The van der Waals surface area contributed by atoms with Crippen molar-refractivity contribution in [3.05, 3.63) is 54.1 Å². The van der Waals surface area contributed by atoms with E-state index in [0.717, 1.165) is 15.9 Å². The maximum absolute atomic E-state index is 10.8. The van der Waals surface area contributed by atoms with Crippen molar-refractivity contribution >= 4 is 50.2 Å². The molecule has 31 heavy (non-hydrogen) atoms. The zero-order valence-corrected chi connectivity index (χ0v) is 16.4. The molecule has 166 valence electrons. The number of carbonyl (C=O) groups excluding carboxylic acids is 1. The fourth-order valence-electron chi connectivity index (χ4n) is 1.83. The van der Waals surface area contributed by atoms with Gasteiger partial charge in [-0.25, -0.2) is 9.78 Å². The van der Waals surface area contributed by atoms with Gasteiger partial charge in [0.2, 0.25) is 5.91 Å². The predicted octanol–water partition coefficient (Wildman–Crippen LogP) is 2.79. The molecule has 2 aromatic carbocycles. The number of primary amides is 1. The Morgan fingerprint density at radius 2 is 1.65 bits per heavy atom. The van der Waals surface area contributed by atoms with Gasteiger partial charge in [0.05, 0.1) is 10.2 Å². The first-order valence-corrected chi connectivity index (χ1v) is 8.98. The third-order valence-electron chi connectivity index (χ3n) is 3.15. The van der Waals surface area contributed by atoms with Crippen molar-refractivity contribution in [2.45, 2.75) is 6.18 Å². The Morgan fingerprint density at radius 1 is 1.06 bits per heavy atom. The average Bonchev–Trinajstić information content (AvgIpc) is 3.06. The van der Waals surface area contributed by atoms with Gasteiger partial charge >= 0.3 is 18.1 Å². The molecule has 1 amide bonds. The molecule has 7 N–H and O–H groups in total.